The summed E-state index contributed by atoms with van der Waals surface area (Å²) in [7, 11) is -4.58. The van der Waals surface area contributed by atoms with Gasteiger partial charge in [-0.05, 0) is 56.3 Å². The summed E-state index contributed by atoms with van der Waals surface area (Å²) in [6.45, 7) is -0.320. The Kier molecular flexibility index (Phi) is 8.74. The molecule has 1 saturated carbocycles. The molecule has 3 N–H and O–H groups in total. The van der Waals surface area contributed by atoms with Crippen LogP contribution in [0.25, 0.3) is 10.8 Å². The van der Waals surface area contributed by atoms with Crippen LogP contribution in [0.1, 0.15) is 54.9 Å². The van der Waals surface area contributed by atoms with E-state index in [-0.39, 0.29) is 16.6 Å². The number of H-pyrrole nitrogens is 1. The molecule has 2 heterocycles. The third-order valence-corrected chi connectivity index (χ3v) is 9.96. The van der Waals surface area contributed by atoms with Crippen LogP contribution in [0.4, 0.5) is 0 Å². The van der Waals surface area contributed by atoms with Crippen LogP contribution in [-0.4, -0.2) is 62.4 Å². The highest BCUT2D eigenvalue weighted by atomic mass is 32.1. The van der Waals surface area contributed by atoms with Crippen molar-refractivity contribution >= 4 is 36.6 Å². The molecule has 1 aliphatic heterocycles. The maximum Gasteiger partial charge on any atom is 0.380 e. The SMILES string of the molecule is [2H]C([2H])(OP(=O)(C[C@@H](C)C(=O)OC1CCCCC1)Oc1cccc2ccccc12)[C@H]1O[C@@H](n2ccc(=O)[nH]c2=S)C(C)(O)[C@H]1O. The van der Waals surface area contributed by atoms with Gasteiger partial charge >= 0.3 is 13.6 Å². The number of aliphatic hydroxyl groups is 2. The summed E-state index contributed by atoms with van der Waals surface area (Å²) in [6.07, 6.45) is -0.408. The number of benzene rings is 2. The average molecular weight is 635 g/mol. The van der Waals surface area contributed by atoms with Gasteiger partial charge in [-0.1, -0.05) is 49.7 Å². The first kappa shape index (κ1) is 28.9. The van der Waals surface area contributed by atoms with E-state index < -0.39 is 61.8 Å². The maximum absolute atomic E-state index is 14.6. The fraction of sp³-hybridized carbons (Fsp3) is 0.500. The van der Waals surface area contributed by atoms with Crippen LogP contribution >= 0.6 is 19.8 Å². The molecule has 0 radical (unpaired) electrons. The third kappa shape index (κ3) is 7.11. The van der Waals surface area contributed by atoms with Crippen LogP contribution in [0.5, 0.6) is 5.75 Å². The molecule has 232 valence electrons. The van der Waals surface area contributed by atoms with E-state index >= 15 is 0 Å². The van der Waals surface area contributed by atoms with Crippen molar-refractivity contribution in [2.45, 2.75) is 76.1 Å². The van der Waals surface area contributed by atoms with Crippen LogP contribution < -0.4 is 10.1 Å². The van der Waals surface area contributed by atoms with Crippen LogP contribution in [0.2, 0.25) is 0 Å². The fourth-order valence-corrected chi connectivity index (χ4v) is 7.37. The van der Waals surface area contributed by atoms with E-state index in [0.717, 1.165) is 48.1 Å². The van der Waals surface area contributed by atoms with Gasteiger partial charge < -0.3 is 24.2 Å². The Morgan fingerprint density at radius 3 is 2.70 bits per heavy atom. The molecule has 0 spiro atoms. The average Bonchev–Trinajstić information content (AvgIpc) is 3.22. The van der Waals surface area contributed by atoms with Gasteiger partial charge in [0.1, 0.15) is 29.7 Å². The van der Waals surface area contributed by atoms with Crippen LogP contribution in [0.3, 0.4) is 0 Å². The molecule has 3 aromatic rings. The molecule has 11 nitrogen and oxygen atoms in total. The third-order valence-electron chi connectivity index (χ3n) is 7.79. The van der Waals surface area contributed by atoms with Crippen molar-refractivity contribution in [2.24, 2.45) is 5.92 Å². The first-order chi connectivity index (χ1) is 21.2. The van der Waals surface area contributed by atoms with Gasteiger partial charge in [0, 0.05) is 17.6 Å². The molecule has 2 unspecified atom stereocenters. The Morgan fingerprint density at radius 2 is 1.95 bits per heavy atom. The number of esters is 1. The lowest BCUT2D eigenvalue weighted by Gasteiger charge is -2.28. The van der Waals surface area contributed by atoms with Crippen molar-refractivity contribution in [3.63, 3.8) is 0 Å². The summed E-state index contributed by atoms with van der Waals surface area (Å²) in [5.74, 6) is -1.48. The minimum atomic E-state index is -4.58. The minimum absolute atomic E-state index is 0.136. The monoisotopic (exact) mass is 634 g/mol. The van der Waals surface area contributed by atoms with Gasteiger partial charge in [-0.15, -0.1) is 0 Å². The van der Waals surface area contributed by atoms with Gasteiger partial charge in [-0.2, -0.15) is 0 Å². The van der Waals surface area contributed by atoms with Crippen molar-refractivity contribution in [1.82, 2.24) is 9.55 Å². The highest BCUT2D eigenvalue weighted by Crippen LogP contribution is 2.52. The summed E-state index contributed by atoms with van der Waals surface area (Å²) >= 11 is 5.18. The zero-order valence-electron chi connectivity index (χ0n) is 25.9. The molecule has 2 aliphatic rings. The van der Waals surface area contributed by atoms with Crippen molar-refractivity contribution in [1.29, 1.82) is 0 Å². The summed E-state index contributed by atoms with van der Waals surface area (Å²) in [5, 5.41) is 23.6. The second-order valence-electron chi connectivity index (χ2n) is 11.3. The van der Waals surface area contributed by atoms with Crippen molar-refractivity contribution in [2.75, 3.05) is 12.7 Å². The lowest BCUT2D eigenvalue weighted by molar-refractivity contribution is -0.154. The minimum Gasteiger partial charge on any atom is -0.462 e. The molecule has 2 aromatic carbocycles. The molecule has 43 heavy (non-hydrogen) atoms. The molecule has 1 saturated heterocycles. The highest BCUT2D eigenvalue weighted by molar-refractivity contribution is 7.71. The lowest BCUT2D eigenvalue weighted by Crippen LogP contribution is -2.44. The quantitative estimate of drug-likeness (QED) is 0.160. The first-order valence-electron chi connectivity index (χ1n) is 15.3. The largest absolute Gasteiger partial charge is 0.462 e. The molecule has 13 heteroatoms. The fourth-order valence-electron chi connectivity index (χ4n) is 5.38. The summed E-state index contributed by atoms with van der Waals surface area (Å²) < 4.78 is 56.3. The molecular weight excluding hydrogens is 595 g/mol. The Hall–Kier alpha value is -2.86. The number of hydrogen-bond acceptors (Lipinski definition) is 10. The molecule has 5 rings (SSSR count). The number of carbonyl (C=O) groups excluding carboxylic acids is 1. The zero-order chi connectivity index (χ0) is 32.6. The van der Waals surface area contributed by atoms with E-state index in [1.807, 2.05) is 18.2 Å². The van der Waals surface area contributed by atoms with Crippen LogP contribution in [0, 0.1) is 10.7 Å². The van der Waals surface area contributed by atoms with Gasteiger partial charge in [0.2, 0.25) is 0 Å². The number of hydrogen-bond donors (Lipinski definition) is 3. The second-order valence-corrected chi connectivity index (χ2v) is 13.6. The number of aromatic amines is 1. The number of rotatable bonds is 10. The number of aliphatic hydroxyl groups excluding tert-OH is 1. The Balaban J connectivity index is 1.45. The molecular formula is C30H37N2O9PS. The lowest BCUT2D eigenvalue weighted by atomic mass is 9.96. The van der Waals surface area contributed by atoms with E-state index in [2.05, 4.69) is 4.98 Å². The predicted molar refractivity (Wildman–Crippen MR) is 162 cm³/mol. The number of aromatic nitrogens is 2. The summed E-state index contributed by atoms with van der Waals surface area (Å²) in [6, 6.07) is 13.3. The number of ether oxygens (including phenoxy) is 2. The van der Waals surface area contributed by atoms with E-state index in [0.29, 0.717) is 5.39 Å². The standard InChI is InChI=1S/C30H37N2O9PS/c1-19(27(35)39-21-11-4-3-5-12-21)18-42(37,41-23-14-8-10-20-9-6-7-13-22(20)23)38-17-24-26(34)30(2,36)28(40-24)32-16-15-25(33)31-29(32)43/h6-10,13-16,19,21,24,26,28,34,36H,3-5,11-12,17-18H2,1-2H3,(H,31,33,43)/t19-,24-,26+,28-,30?,42?/m1/s1/i17D2. The Bertz CT molecular complexity index is 1700. The zero-order valence-corrected chi connectivity index (χ0v) is 25.6. The first-order valence-corrected chi connectivity index (χ1v) is 16.4. The van der Waals surface area contributed by atoms with Crippen molar-refractivity contribution in [3.05, 3.63) is 69.9 Å². The molecule has 0 bridgehead atoms. The topological polar surface area (TPSA) is 149 Å². The van der Waals surface area contributed by atoms with Crippen molar-refractivity contribution < 1.29 is 40.8 Å². The number of fused-ring (bicyclic) bond motifs is 1. The second kappa shape index (κ2) is 13.0. The van der Waals surface area contributed by atoms with Gasteiger partial charge in [0.25, 0.3) is 5.56 Å². The van der Waals surface area contributed by atoms with E-state index in [1.54, 1.807) is 24.3 Å². The Labute approximate surface area is 257 Å². The molecule has 1 aliphatic carbocycles. The van der Waals surface area contributed by atoms with Crippen LogP contribution in [-0.2, 0) is 23.4 Å². The van der Waals surface area contributed by atoms with Gasteiger partial charge in [0.15, 0.2) is 11.0 Å². The van der Waals surface area contributed by atoms with Gasteiger partial charge in [-0.3, -0.25) is 23.7 Å². The van der Waals surface area contributed by atoms with E-state index in [4.69, 9.17) is 33.5 Å². The number of nitrogens with zero attached hydrogens (tertiary/aromatic N) is 1. The normalized spacial score (nSPS) is 27.6. The predicted octanol–water partition coefficient (Wildman–Crippen LogP) is 4.87. The molecule has 2 fully saturated rings. The summed E-state index contributed by atoms with van der Waals surface area (Å²) in [5.41, 5.74) is -2.64. The number of nitrogens with one attached hydrogen (secondary N) is 1. The molecule has 6 atom stereocenters. The smallest absolute Gasteiger partial charge is 0.380 e. The van der Waals surface area contributed by atoms with Crippen molar-refractivity contribution in [3.8, 4) is 5.75 Å². The van der Waals surface area contributed by atoms with E-state index in [9.17, 15) is 24.4 Å². The molecule has 1 aromatic heterocycles. The summed E-state index contributed by atoms with van der Waals surface area (Å²) in [4.78, 5) is 27.2. The van der Waals surface area contributed by atoms with Gasteiger partial charge in [0.05, 0.1) is 21.4 Å². The van der Waals surface area contributed by atoms with Crippen LogP contribution in [0.15, 0.2) is 59.5 Å². The van der Waals surface area contributed by atoms with E-state index in [1.165, 1.54) is 20.0 Å². The highest BCUT2D eigenvalue weighted by Gasteiger charge is 2.54. The Morgan fingerprint density at radius 1 is 1.23 bits per heavy atom. The molecule has 0 amide bonds. The number of carbonyl (C=O) groups is 1. The van der Waals surface area contributed by atoms with Gasteiger partial charge in [-0.25, -0.2) is 4.57 Å². The maximum atomic E-state index is 14.6.